The summed E-state index contributed by atoms with van der Waals surface area (Å²) in [6.45, 7) is 1.29. The molecule has 1 aliphatic carbocycles. The van der Waals surface area contributed by atoms with Gasteiger partial charge in [-0.15, -0.1) is 0 Å². The van der Waals surface area contributed by atoms with Crippen molar-refractivity contribution in [3.05, 3.63) is 48.8 Å². The molecule has 182 valence electrons. The number of alkyl halides is 3. The molecule has 1 saturated heterocycles. The third-order valence-corrected chi connectivity index (χ3v) is 7.99. The number of halogens is 3. The second-order valence-electron chi connectivity index (χ2n) is 9.40. The van der Waals surface area contributed by atoms with Crippen LogP contribution in [-0.2, 0) is 9.84 Å². The minimum absolute atomic E-state index is 0.0493. The zero-order valence-electron chi connectivity index (χ0n) is 18.8. The lowest BCUT2D eigenvalue weighted by atomic mass is 10.0. The van der Waals surface area contributed by atoms with Crippen molar-refractivity contribution in [3.63, 3.8) is 0 Å². The van der Waals surface area contributed by atoms with E-state index in [1.807, 2.05) is 33.9 Å². The van der Waals surface area contributed by atoms with Crippen molar-refractivity contribution in [2.24, 2.45) is 5.41 Å². The van der Waals surface area contributed by atoms with E-state index in [-0.39, 0.29) is 30.4 Å². The fraction of sp³-hybridized carbons (Fsp3) is 0.458. The molecule has 0 radical (unpaired) electrons. The lowest BCUT2D eigenvalue weighted by Crippen LogP contribution is -2.44. The summed E-state index contributed by atoms with van der Waals surface area (Å²) in [4.78, 5) is 6.67. The SMILES string of the molecule is CS(=O)(=O)c1ccc2c(ccn2-c2ccc(OC3CCN(CC4(C(F)(F)F)CC4)CC3)cn2)c1. The number of hydrogen-bond donors (Lipinski definition) is 0. The van der Waals surface area contributed by atoms with E-state index < -0.39 is 21.4 Å². The van der Waals surface area contributed by atoms with Crippen LogP contribution in [0.25, 0.3) is 16.7 Å². The van der Waals surface area contributed by atoms with Gasteiger partial charge in [0.25, 0.3) is 0 Å². The first kappa shape index (κ1) is 23.2. The highest BCUT2D eigenvalue weighted by Gasteiger charge is 2.63. The predicted octanol–water partition coefficient (Wildman–Crippen LogP) is 4.61. The van der Waals surface area contributed by atoms with Gasteiger partial charge in [-0.2, -0.15) is 13.2 Å². The van der Waals surface area contributed by atoms with Gasteiger partial charge in [-0.3, -0.25) is 0 Å². The average Bonchev–Trinajstić information content (AvgIpc) is 3.46. The lowest BCUT2D eigenvalue weighted by molar-refractivity contribution is -0.192. The number of ether oxygens (including phenoxy) is 1. The summed E-state index contributed by atoms with van der Waals surface area (Å²) >= 11 is 0. The Bertz CT molecular complexity index is 1290. The molecule has 0 unspecified atom stereocenters. The van der Waals surface area contributed by atoms with Crippen molar-refractivity contribution in [1.29, 1.82) is 0 Å². The number of sulfone groups is 1. The molecule has 5 rings (SSSR count). The molecule has 0 spiro atoms. The fourth-order valence-corrected chi connectivity index (χ4v) is 5.28. The van der Waals surface area contributed by atoms with Crippen LogP contribution in [0.3, 0.4) is 0 Å². The molecule has 2 fully saturated rings. The van der Waals surface area contributed by atoms with Gasteiger partial charge in [0.05, 0.1) is 22.0 Å². The molecule has 1 aromatic carbocycles. The second kappa shape index (κ2) is 8.27. The summed E-state index contributed by atoms with van der Waals surface area (Å²) in [5, 5.41) is 0.801. The number of nitrogens with zero attached hydrogens (tertiary/aromatic N) is 3. The Kier molecular flexibility index (Phi) is 5.63. The molecule has 1 saturated carbocycles. The van der Waals surface area contributed by atoms with Gasteiger partial charge < -0.3 is 14.2 Å². The summed E-state index contributed by atoms with van der Waals surface area (Å²) in [6, 6.07) is 10.5. The highest BCUT2D eigenvalue weighted by atomic mass is 32.2. The van der Waals surface area contributed by atoms with Crippen LogP contribution in [0.15, 0.2) is 53.7 Å². The fourth-order valence-electron chi connectivity index (χ4n) is 4.62. The number of aromatic nitrogens is 2. The van der Waals surface area contributed by atoms with Crippen molar-refractivity contribution in [1.82, 2.24) is 14.5 Å². The lowest BCUT2D eigenvalue weighted by Gasteiger charge is -2.35. The minimum atomic E-state index is -4.12. The van der Waals surface area contributed by atoms with E-state index in [0.29, 0.717) is 37.5 Å². The quantitative estimate of drug-likeness (QED) is 0.502. The van der Waals surface area contributed by atoms with Crippen LogP contribution >= 0.6 is 0 Å². The van der Waals surface area contributed by atoms with Gasteiger partial charge in [0, 0.05) is 37.5 Å². The van der Waals surface area contributed by atoms with E-state index in [4.69, 9.17) is 4.74 Å². The predicted molar refractivity (Wildman–Crippen MR) is 122 cm³/mol. The standard InChI is InChI=1S/C24H26F3N3O3S/c1-34(31,32)20-3-4-21-17(14-20)6-13-30(21)22-5-2-19(15-28-22)33-18-7-11-29(12-8-18)16-23(9-10-23)24(25,26)27/h2-6,13-15,18H,7-12,16H2,1H3. The van der Waals surface area contributed by atoms with E-state index >= 15 is 0 Å². The number of hydrogen-bond acceptors (Lipinski definition) is 5. The van der Waals surface area contributed by atoms with Crippen LogP contribution in [0, 0.1) is 5.41 Å². The van der Waals surface area contributed by atoms with Gasteiger partial charge in [-0.05, 0) is 62.1 Å². The molecule has 0 amide bonds. The van der Waals surface area contributed by atoms with Crippen LogP contribution < -0.4 is 4.74 Å². The van der Waals surface area contributed by atoms with Crippen LogP contribution in [0.2, 0.25) is 0 Å². The second-order valence-corrected chi connectivity index (χ2v) is 11.4. The zero-order valence-corrected chi connectivity index (χ0v) is 19.6. The molecule has 34 heavy (non-hydrogen) atoms. The topological polar surface area (TPSA) is 64.4 Å². The molecule has 3 aromatic rings. The largest absolute Gasteiger partial charge is 0.489 e. The van der Waals surface area contributed by atoms with Crippen molar-refractivity contribution in [2.75, 3.05) is 25.9 Å². The van der Waals surface area contributed by atoms with Crippen LogP contribution in [-0.4, -0.2) is 61.0 Å². The Morgan fingerprint density at radius 1 is 1.12 bits per heavy atom. The first-order valence-electron chi connectivity index (χ1n) is 11.3. The Hall–Kier alpha value is -2.59. The van der Waals surface area contributed by atoms with Gasteiger partial charge in [0.15, 0.2) is 9.84 Å². The number of fused-ring (bicyclic) bond motifs is 1. The maximum atomic E-state index is 13.2. The molecule has 0 N–H and O–H groups in total. The van der Waals surface area contributed by atoms with Crippen LogP contribution in [0.4, 0.5) is 13.2 Å². The molecule has 1 aliphatic heterocycles. The number of likely N-dealkylation sites (tertiary alicyclic amines) is 1. The van der Waals surface area contributed by atoms with E-state index in [1.165, 1.54) is 6.26 Å². The first-order valence-corrected chi connectivity index (χ1v) is 13.2. The van der Waals surface area contributed by atoms with Gasteiger partial charge in [0.2, 0.25) is 0 Å². The minimum Gasteiger partial charge on any atom is -0.489 e. The van der Waals surface area contributed by atoms with Crippen molar-refractivity contribution >= 4 is 20.7 Å². The Labute approximate surface area is 196 Å². The smallest absolute Gasteiger partial charge is 0.395 e. The van der Waals surface area contributed by atoms with Crippen molar-refractivity contribution in [2.45, 2.75) is 42.9 Å². The summed E-state index contributed by atoms with van der Waals surface area (Å²) in [5.74, 6) is 1.29. The van der Waals surface area contributed by atoms with E-state index in [9.17, 15) is 21.6 Å². The Morgan fingerprint density at radius 3 is 2.44 bits per heavy atom. The molecule has 3 heterocycles. The molecular formula is C24H26F3N3O3S. The van der Waals surface area contributed by atoms with Gasteiger partial charge >= 0.3 is 6.18 Å². The molecular weight excluding hydrogens is 467 g/mol. The first-order chi connectivity index (χ1) is 16.0. The molecule has 6 nitrogen and oxygen atoms in total. The zero-order chi connectivity index (χ0) is 24.1. The molecule has 0 atom stereocenters. The molecule has 10 heteroatoms. The maximum absolute atomic E-state index is 13.2. The molecule has 0 bridgehead atoms. The van der Waals surface area contributed by atoms with Crippen LogP contribution in [0.5, 0.6) is 5.75 Å². The monoisotopic (exact) mass is 493 g/mol. The average molecular weight is 494 g/mol. The highest BCUT2D eigenvalue weighted by molar-refractivity contribution is 7.90. The van der Waals surface area contributed by atoms with Crippen LogP contribution in [0.1, 0.15) is 25.7 Å². The van der Waals surface area contributed by atoms with Crippen molar-refractivity contribution in [3.8, 4) is 11.6 Å². The van der Waals surface area contributed by atoms with E-state index in [1.54, 1.807) is 24.4 Å². The van der Waals surface area contributed by atoms with Gasteiger partial charge in [-0.25, -0.2) is 13.4 Å². The number of piperidine rings is 1. The third-order valence-electron chi connectivity index (χ3n) is 6.88. The number of benzene rings is 1. The van der Waals surface area contributed by atoms with E-state index in [0.717, 1.165) is 10.9 Å². The number of pyridine rings is 1. The molecule has 2 aromatic heterocycles. The Balaban J connectivity index is 1.20. The van der Waals surface area contributed by atoms with Gasteiger partial charge in [-0.1, -0.05) is 0 Å². The van der Waals surface area contributed by atoms with Gasteiger partial charge in [0.1, 0.15) is 17.7 Å². The maximum Gasteiger partial charge on any atom is 0.395 e. The summed E-state index contributed by atoms with van der Waals surface area (Å²) in [7, 11) is -3.28. The summed E-state index contributed by atoms with van der Waals surface area (Å²) in [5.41, 5.74) is -0.650. The third kappa shape index (κ3) is 4.53. The van der Waals surface area contributed by atoms with Crippen molar-refractivity contribution < 1.29 is 26.3 Å². The summed E-state index contributed by atoms with van der Waals surface area (Å²) < 4.78 is 71.2. The Morgan fingerprint density at radius 2 is 1.85 bits per heavy atom. The normalized spacial score (nSPS) is 19.4. The highest BCUT2D eigenvalue weighted by Crippen LogP contribution is 2.58. The molecule has 2 aliphatic rings. The van der Waals surface area contributed by atoms with E-state index in [2.05, 4.69) is 4.98 Å². The number of rotatable bonds is 6. The summed E-state index contributed by atoms with van der Waals surface area (Å²) in [6.07, 6.45) is 2.33.